The summed E-state index contributed by atoms with van der Waals surface area (Å²) in [6.45, 7) is 0. The summed E-state index contributed by atoms with van der Waals surface area (Å²) in [7, 11) is 6.70. The first kappa shape index (κ1) is 26.6. The predicted molar refractivity (Wildman–Crippen MR) is 139 cm³/mol. The number of pyridine rings is 1. The van der Waals surface area contributed by atoms with E-state index in [9.17, 15) is 34.2 Å². The lowest BCUT2D eigenvalue weighted by Gasteiger charge is -2.52. The van der Waals surface area contributed by atoms with Gasteiger partial charge in [-0.05, 0) is 50.6 Å². The summed E-state index contributed by atoms with van der Waals surface area (Å²) in [5.41, 5.74) is 4.67. The van der Waals surface area contributed by atoms with Crippen molar-refractivity contribution in [2.45, 2.75) is 24.5 Å². The molecule has 0 spiro atoms. The molecule has 0 aliphatic heterocycles. The Morgan fingerprint density at radius 3 is 2.38 bits per heavy atom. The van der Waals surface area contributed by atoms with Crippen LogP contribution in [0, 0.1) is 23.7 Å². The maximum absolute atomic E-state index is 14.1. The Labute approximate surface area is 224 Å². The molecule has 1 amide bonds. The molecule has 2 aromatic rings. The zero-order valence-electron chi connectivity index (χ0n) is 22.0. The second-order valence-electron chi connectivity index (χ2n) is 11.1. The first-order chi connectivity index (χ1) is 18.3. The van der Waals surface area contributed by atoms with E-state index >= 15 is 0 Å². The Morgan fingerprint density at radius 2 is 1.82 bits per heavy atom. The highest BCUT2D eigenvalue weighted by molar-refractivity contribution is 6.32. The number of rotatable bonds is 4. The van der Waals surface area contributed by atoms with Gasteiger partial charge >= 0.3 is 0 Å². The van der Waals surface area contributed by atoms with Gasteiger partial charge in [0.05, 0.1) is 17.5 Å². The molecular formula is C28H30N4O7. The Balaban J connectivity index is 1.69. The molecule has 39 heavy (non-hydrogen) atoms. The number of carbonyl (C=O) groups excluding carboxylic acids is 5. The summed E-state index contributed by atoms with van der Waals surface area (Å²) in [6, 6.07) is 4.04. The molecule has 1 heterocycles. The molecule has 1 aromatic carbocycles. The first-order valence-electron chi connectivity index (χ1n) is 12.6. The van der Waals surface area contributed by atoms with E-state index in [1.54, 1.807) is 63.7 Å². The third kappa shape index (κ3) is 3.64. The summed E-state index contributed by atoms with van der Waals surface area (Å²) < 4.78 is 0. The van der Waals surface area contributed by atoms with Crippen LogP contribution in [0.15, 0.2) is 30.6 Å². The van der Waals surface area contributed by atoms with Gasteiger partial charge in [0.15, 0.2) is 34.7 Å². The summed E-state index contributed by atoms with van der Waals surface area (Å²) in [5.74, 6) is -10.7. The monoisotopic (exact) mass is 534 g/mol. The molecule has 3 aliphatic rings. The van der Waals surface area contributed by atoms with Gasteiger partial charge in [-0.2, -0.15) is 0 Å². The van der Waals surface area contributed by atoms with Crippen LogP contribution in [0.1, 0.15) is 22.3 Å². The van der Waals surface area contributed by atoms with Crippen molar-refractivity contribution >= 4 is 34.7 Å². The molecule has 3 aliphatic carbocycles. The van der Waals surface area contributed by atoms with E-state index < -0.39 is 64.4 Å². The molecule has 0 radical (unpaired) electrons. The fourth-order valence-corrected chi connectivity index (χ4v) is 6.79. The van der Waals surface area contributed by atoms with Crippen LogP contribution in [0.4, 0.5) is 5.69 Å². The molecule has 6 atom stereocenters. The number of primary amides is 1. The second kappa shape index (κ2) is 9.06. The fourth-order valence-electron chi connectivity index (χ4n) is 6.79. The van der Waals surface area contributed by atoms with Gasteiger partial charge in [0.25, 0.3) is 0 Å². The summed E-state index contributed by atoms with van der Waals surface area (Å²) in [6.07, 6.45) is 3.31. The van der Waals surface area contributed by atoms with Crippen molar-refractivity contribution < 1.29 is 34.2 Å². The van der Waals surface area contributed by atoms with Crippen molar-refractivity contribution in [1.82, 2.24) is 9.88 Å². The van der Waals surface area contributed by atoms with Gasteiger partial charge in [-0.15, -0.1) is 0 Å². The van der Waals surface area contributed by atoms with E-state index in [1.165, 1.54) is 4.90 Å². The normalized spacial score (nSPS) is 30.1. The average molecular weight is 535 g/mol. The molecule has 1 aromatic heterocycles. The Hall–Kier alpha value is -3.96. The zero-order valence-corrected chi connectivity index (χ0v) is 22.0. The number of fused-ring (bicyclic) bond motifs is 3. The maximum atomic E-state index is 14.1. The number of hydrogen-bond acceptors (Lipinski definition) is 10. The molecule has 11 nitrogen and oxygen atoms in total. The van der Waals surface area contributed by atoms with Crippen LogP contribution in [-0.2, 0) is 25.6 Å². The van der Waals surface area contributed by atoms with Crippen LogP contribution >= 0.6 is 0 Å². The minimum absolute atomic E-state index is 0.00187. The molecule has 0 bridgehead atoms. The van der Waals surface area contributed by atoms with Crippen molar-refractivity contribution in [1.29, 1.82) is 0 Å². The Kier molecular flexibility index (Phi) is 6.19. The summed E-state index contributed by atoms with van der Waals surface area (Å²) >= 11 is 0. The number of hydrogen-bond donors (Lipinski definition) is 3. The standard InChI is InChI=1S/C28H30N4O7/c1-31(2)17-10-14(12-6-5-7-30-11-12)22(33)19-15(17)8-13-9-16-21(32(3)4)24(35)20(27(29)38)26(37)28(16,39)25(36)18(13)23(19)34/h5-7,10-11,13,16,18,20-21,33,39H,8-9H2,1-4H3,(H2,29,38)/t13-,16-,18?,20?,21-,28-/m0/s1. The zero-order chi connectivity index (χ0) is 28.5. The van der Waals surface area contributed by atoms with E-state index in [0.717, 1.165) is 0 Å². The Bertz CT molecular complexity index is 1440. The highest BCUT2D eigenvalue weighted by Crippen LogP contribution is 2.53. The number of anilines is 1. The van der Waals surface area contributed by atoms with Gasteiger partial charge in [0.2, 0.25) is 5.91 Å². The highest BCUT2D eigenvalue weighted by atomic mass is 16.3. The van der Waals surface area contributed by atoms with E-state index in [4.69, 9.17) is 5.73 Å². The molecule has 204 valence electrons. The van der Waals surface area contributed by atoms with Crippen molar-refractivity contribution in [3.8, 4) is 16.9 Å². The number of aromatic hydroxyl groups is 1. The number of benzene rings is 1. The number of likely N-dealkylation sites (N-methyl/N-ethyl adjacent to an activating group) is 1. The lowest BCUT2D eigenvalue weighted by atomic mass is 9.52. The quantitative estimate of drug-likeness (QED) is 0.453. The number of aliphatic hydroxyl groups is 1. The fraction of sp³-hybridized carbons (Fsp3) is 0.429. The third-order valence-corrected chi connectivity index (χ3v) is 8.49. The number of ketones is 4. The lowest BCUT2D eigenvalue weighted by molar-refractivity contribution is -0.181. The topological polar surface area (TPSA) is 171 Å². The van der Waals surface area contributed by atoms with E-state index in [1.807, 2.05) is 0 Å². The lowest BCUT2D eigenvalue weighted by Crippen LogP contribution is -2.74. The number of phenols is 1. The number of nitrogens with two attached hydrogens (primary N) is 1. The van der Waals surface area contributed by atoms with Crippen LogP contribution in [0.25, 0.3) is 11.1 Å². The number of nitrogens with zero attached hydrogens (tertiary/aromatic N) is 3. The number of Topliss-reactive ketones (excluding diaryl/α,β-unsaturated/α-hetero) is 4. The minimum atomic E-state index is -2.75. The minimum Gasteiger partial charge on any atom is -0.507 e. The number of carbonyl (C=O) groups is 5. The smallest absolute Gasteiger partial charge is 0.235 e. The van der Waals surface area contributed by atoms with Gasteiger partial charge in [-0.1, -0.05) is 6.07 Å². The second-order valence-corrected chi connectivity index (χ2v) is 11.1. The van der Waals surface area contributed by atoms with Crippen LogP contribution in [0.3, 0.4) is 0 Å². The van der Waals surface area contributed by atoms with Gasteiger partial charge in [0, 0.05) is 49.2 Å². The van der Waals surface area contributed by atoms with Crippen molar-refractivity contribution in [2.75, 3.05) is 33.1 Å². The first-order valence-corrected chi connectivity index (χ1v) is 12.6. The molecule has 0 saturated heterocycles. The summed E-state index contributed by atoms with van der Waals surface area (Å²) in [5, 5.41) is 23.1. The number of amides is 1. The van der Waals surface area contributed by atoms with E-state index in [2.05, 4.69) is 4.98 Å². The van der Waals surface area contributed by atoms with Crippen LogP contribution in [-0.4, -0.2) is 89.0 Å². The van der Waals surface area contributed by atoms with Crippen LogP contribution in [0.2, 0.25) is 0 Å². The predicted octanol–water partition coefficient (Wildman–Crippen LogP) is -0.00500. The molecule has 4 N–H and O–H groups in total. The maximum Gasteiger partial charge on any atom is 0.235 e. The van der Waals surface area contributed by atoms with Gasteiger partial charge < -0.3 is 20.8 Å². The van der Waals surface area contributed by atoms with Crippen molar-refractivity contribution in [3.63, 3.8) is 0 Å². The third-order valence-electron chi connectivity index (χ3n) is 8.49. The average Bonchev–Trinajstić information content (AvgIpc) is 2.86. The number of aromatic nitrogens is 1. The van der Waals surface area contributed by atoms with Gasteiger partial charge in [-0.3, -0.25) is 33.9 Å². The van der Waals surface area contributed by atoms with E-state index in [0.29, 0.717) is 22.4 Å². The van der Waals surface area contributed by atoms with Crippen LogP contribution in [0.5, 0.6) is 5.75 Å². The SMILES string of the molecule is CN(C)c1cc(-c2cccnc2)c(O)c2c1C[C@H]1C[C@H]3[C@H](N(C)C)C(=O)C(C(N)=O)C(=O)[C@@]3(O)C(=O)C1C2=O. The molecule has 2 unspecified atom stereocenters. The van der Waals surface area contributed by atoms with Crippen molar-refractivity contribution in [2.24, 2.45) is 29.4 Å². The molecule has 2 fully saturated rings. The molecular weight excluding hydrogens is 504 g/mol. The van der Waals surface area contributed by atoms with Crippen molar-refractivity contribution in [3.05, 3.63) is 41.7 Å². The molecule has 5 rings (SSSR count). The molecule has 2 saturated carbocycles. The summed E-state index contributed by atoms with van der Waals surface area (Å²) in [4.78, 5) is 74.1. The Morgan fingerprint density at radius 1 is 1.13 bits per heavy atom. The van der Waals surface area contributed by atoms with Crippen LogP contribution < -0.4 is 10.6 Å². The number of phenolic OH excluding ortho intramolecular Hbond substituents is 1. The highest BCUT2D eigenvalue weighted by Gasteiger charge is 2.69. The molecule has 11 heteroatoms. The van der Waals surface area contributed by atoms with Gasteiger partial charge in [0.1, 0.15) is 5.75 Å². The largest absolute Gasteiger partial charge is 0.507 e. The van der Waals surface area contributed by atoms with E-state index in [-0.39, 0.29) is 24.2 Å². The van der Waals surface area contributed by atoms with Gasteiger partial charge in [-0.25, -0.2) is 0 Å².